The molecule has 5 rings (SSSR count). The topological polar surface area (TPSA) is 9.23 Å². The normalized spacial score (nSPS) is 20.3. The molecule has 2 aliphatic carbocycles. The summed E-state index contributed by atoms with van der Waals surface area (Å²) in [5, 5.41) is 0.0456. The first-order chi connectivity index (χ1) is 21.4. The van der Waals surface area contributed by atoms with Crippen molar-refractivity contribution in [3.05, 3.63) is 119 Å². The van der Waals surface area contributed by atoms with Crippen LogP contribution in [-0.2, 0) is 6.11 Å². The molecule has 0 bridgehead atoms. The maximum Gasteiger partial charge on any atom is 0.432 e. The molecule has 1 nitrogen and oxygen atoms in total. The van der Waals surface area contributed by atoms with Gasteiger partial charge in [-0.25, -0.2) is 30.7 Å². The van der Waals surface area contributed by atoms with Crippen molar-refractivity contribution in [2.24, 2.45) is 0 Å². The molecule has 1 saturated carbocycles. The SMILES string of the molecule is C1CC1.FC1=C/CCC(S)CCC/C=C/C=C\1c1cc(F)c(C(F)(F)Oc2ccc(-c3cc(F)c(F)c(F)c3)c(F)c2)c(F)c1. The third-order valence-electron chi connectivity index (χ3n) is 6.87. The third kappa shape index (κ3) is 9.22. The molecule has 0 N–H and O–H groups in total. The molecule has 0 amide bonds. The van der Waals surface area contributed by atoms with Crippen LogP contribution in [0.1, 0.15) is 62.5 Å². The average Bonchev–Trinajstić information content (AvgIpc) is 3.84. The van der Waals surface area contributed by atoms with Gasteiger partial charge in [-0.1, -0.05) is 37.5 Å². The first-order valence-electron chi connectivity index (χ1n) is 14.3. The van der Waals surface area contributed by atoms with E-state index in [1.165, 1.54) is 37.5 Å². The standard InChI is InChI=1S/C31H23F9OS.C3H6/c32-23-9-5-7-20(42)6-3-1-2-4-8-21(23)17-12-25(34)29(26(35)13-17)31(39,40)41-19-10-11-22(24(33)16-19)18-14-27(36)30(38)28(37)15-18;1-2-3-1/h2,4,8-16,20,42H,1,3,5-7H2;1-3H2/b4-2+,21-8-,23-9+;. The number of hydrogen-bond acceptors (Lipinski definition) is 2. The molecule has 0 heterocycles. The molecule has 1 unspecified atom stereocenters. The summed E-state index contributed by atoms with van der Waals surface area (Å²) in [4.78, 5) is 0. The predicted molar refractivity (Wildman–Crippen MR) is 159 cm³/mol. The molecular formula is C34H29F9OS. The fourth-order valence-electron chi connectivity index (χ4n) is 4.41. The summed E-state index contributed by atoms with van der Waals surface area (Å²) < 4.78 is 134. The number of ether oxygens (including phenoxy) is 1. The van der Waals surface area contributed by atoms with Gasteiger partial charge in [-0.15, -0.1) is 0 Å². The Morgan fingerprint density at radius 1 is 0.689 bits per heavy atom. The van der Waals surface area contributed by atoms with Crippen LogP contribution in [0.3, 0.4) is 0 Å². The highest BCUT2D eigenvalue weighted by Crippen LogP contribution is 2.39. The number of alkyl halides is 2. The van der Waals surface area contributed by atoms with Crippen LogP contribution in [0.2, 0.25) is 0 Å². The average molecular weight is 657 g/mol. The Morgan fingerprint density at radius 2 is 1.31 bits per heavy atom. The van der Waals surface area contributed by atoms with Gasteiger partial charge in [0, 0.05) is 22.5 Å². The Morgan fingerprint density at radius 3 is 1.91 bits per heavy atom. The van der Waals surface area contributed by atoms with Gasteiger partial charge in [0.2, 0.25) is 0 Å². The van der Waals surface area contributed by atoms with E-state index in [2.05, 4.69) is 17.4 Å². The molecular weight excluding hydrogens is 627 g/mol. The molecule has 0 spiro atoms. The van der Waals surface area contributed by atoms with E-state index in [4.69, 9.17) is 0 Å². The van der Waals surface area contributed by atoms with E-state index in [-0.39, 0.29) is 16.4 Å². The van der Waals surface area contributed by atoms with Crippen molar-refractivity contribution in [3.63, 3.8) is 0 Å². The van der Waals surface area contributed by atoms with Crippen LogP contribution >= 0.6 is 12.6 Å². The Hall–Kier alpha value is -3.60. The molecule has 1 atom stereocenters. The second-order valence-electron chi connectivity index (χ2n) is 10.6. The molecule has 45 heavy (non-hydrogen) atoms. The van der Waals surface area contributed by atoms with Crippen molar-refractivity contribution >= 4 is 18.2 Å². The Labute approximate surface area is 260 Å². The third-order valence-corrected chi connectivity index (χ3v) is 7.38. The van der Waals surface area contributed by atoms with Gasteiger partial charge >= 0.3 is 6.11 Å². The van der Waals surface area contributed by atoms with Gasteiger partial charge in [-0.3, -0.25) is 0 Å². The molecule has 0 aromatic heterocycles. The maximum atomic E-state index is 15.0. The molecule has 0 saturated heterocycles. The molecule has 3 aromatic rings. The van der Waals surface area contributed by atoms with Crippen LogP contribution in [0.15, 0.2) is 72.6 Å². The molecule has 11 heteroatoms. The first kappa shape index (κ1) is 34.3. The molecule has 0 radical (unpaired) electrons. The van der Waals surface area contributed by atoms with Gasteiger partial charge in [0.15, 0.2) is 17.5 Å². The minimum atomic E-state index is -4.66. The fourth-order valence-corrected chi connectivity index (χ4v) is 4.74. The van der Waals surface area contributed by atoms with E-state index in [0.29, 0.717) is 49.6 Å². The van der Waals surface area contributed by atoms with Crippen molar-refractivity contribution in [1.29, 1.82) is 0 Å². The van der Waals surface area contributed by atoms with Gasteiger partial charge in [0.25, 0.3) is 0 Å². The zero-order valence-corrected chi connectivity index (χ0v) is 24.7. The monoisotopic (exact) mass is 656 g/mol. The minimum absolute atomic E-state index is 0.0456. The molecule has 1 fully saturated rings. The summed E-state index contributed by atoms with van der Waals surface area (Å²) in [7, 11) is 0. The summed E-state index contributed by atoms with van der Waals surface area (Å²) in [6.45, 7) is 0. The van der Waals surface area contributed by atoms with Crippen molar-refractivity contribution in [2.75, 3.05) is 0 Å². The highest BCUT2D eigenvalue weighted by molar-refractivity contribution is 7.80. The van der Waals surface area contributed by atoms with Gasteiger partial charge < -0.3 is 4.74 Å². The summed E-state index contributed by atoms with van der Waals surface area (Å²) >= 11 is 4.45. The van der Waals surface area contributed by atoms with Crippen molar-refractivity contribution < 1.29 is 44.3 Å². The van der Waals surface area contributed by atoms with E-state index < -0.39 is 69.3 Å². The fraction of sp³-hybridized carbons (Fsp3) is 0.294. The Balaban J connectivity index is 0.00000145. The summed E-state index contributed by atoms with van der Waals surface area (Å²) in [5.74, 6) is -11.4. The maximum absolute atomic E-state index is 15.0. The van der Waals surface area contributed by atoms with E-state index >= 15 is 4.39 Å². The van der Waals surface area contributed by atoms with E-state index in [1.54, 1.807) is 6.08 Å². The lowest BCUT2D eigenvalue weighted by Gasteiger charge is -2.20. The van der Waals surface area contributed by atoms with Crippen molar-refractivity contribution in [3.8, 4) is 16.9 Å². The zero-order chi connectivity index (χ0) is 32.7. The number of rotatable bonds is 5. The molecule has 0 aliphatic heterocycles. The lowest BCUT2D eigenvalue weighted by molar-refractivity contribution is -0.189. The second-order valence-corrected chi connectivity index (χ2v) is 11.3. The smallest absolute Gasteiger partial charge is 0.429 e. The first-order valence-corrected chi connectivity index (χ1v) is 14.8. The van der Waals surface area contributed by atoms with Crippen LogP contribution in [0.4, 0.5) is 39.5 Å². The highest BCUT2D eigenvalue weighted by Gasteiger charge is 2.41. The number of halogens is 9. The Bertz CT molecular complexity index is 1560. The number of thiol groups is 1. The van der Waals surface area contributed by atoms with Gasteiger partial charge in [-0.05, 0) is 85.7 Å². The predicted octanol–water partition coefficient (Wildman–Crippen LogP) is 11.5. The van der Waals surface area contributed by atoms with Crippen LogP contribution in [0.5, 0.6) is 5.75 Å². The van der Waals surface area contributed by atoms with Gasteiger partial charge in [-0.2, -0.15) is 21.4 Å². The molecule has 240 valence electrons. The lowest BCUT2D eigenvalue weighted by Crippen LogP contribution is -2.25. The number of benzene rings is 3. The van der Waals surface area contributed by atoms with Gasteiger partial charge in [0.1, 0.15) is 34.6 Å². The molecule has 2 aliphatic rings. The van der Waals surface area contributed by atoms with E-state index in [0.717, 1.165) is 25.0 Å². The van der Waals surface area contributed by atoms with Crippen LogP contribution in [0.25, 0.3) is 16.7 Å². The Kier molecular flexibility index (Phi) is 11.5. The minimum Gasteiger partial charge on any atom is -0.429 e. The van der Waals surface area contributed by atoms with E-state index in [1.807, 2.05) is 0 Å². The van der Waals surface area contributed by atoms with E-state index in [9.17, 15) is 35.1 Å². The largest absolute Gasteiger partial charge is 0.432 e. The summed E-state index contributed by atoms with van der Waals surface area (Å²) in [5.41, 5.74) is -3.27. The van der Waals surface area contributed by atoms with Crippen LogP contribution in [-0.4, -0.2) is 5.25 Å². The lowest BCUT2D eigenvalue weighted by atomic mass is 9.99. The quantitative estimate of drug-likeness (QED) is 0.163. The number of allylic oxidation sites excluding steroid dienone is 6. The summed E-state index contributed by atoms with van der Waals surface area (Å²) in [6, 6.07) is 4.07. The highest BCUT2D eigenvalue weighted by atomic mass is 32.1. The van der Waals surface area contributed by atoms with Crippen molar-refractivity contribution in [2.45, 2.75) is 62.7 Å². The second kappa shape index (κ2) is 15.1. The zero-order valence-electron chi connectivity index (χ0n) is 23.8. The molecule has 3 aromatic carbocycles. The number of hydrogen-bond donors (Lipinski definition) is 1. The summed E-state index contributed by atoms with van der Waals surface area (Å²) in [6.07, 6.45) is 8.81. The van der Waals surface area contributed by atoms with Gasteiger partial charge in [0.05, 0.1) is 0 Å². The van der Waals surface area contributed by atoms with Crippen LogP contribution < -0.4 is 4.74 Å². The van der Waals surface area contributed by atoms with Crippen LogP contribution in [0, 0.1) is 34.9 Å². The van der Waals surface area contributed by atoms with Crippen molar-refractivity contribution in [1.82, 2.24) is 0 Å².